The zero-order valence-corrected chi connectivity index (χ0v) is 9.37. The van der Waals surface area contributed by atoms with E-state index < -0.39 is 0 Å². The minimum Gasteiger partial charge on any atom is 0 e. The van der Waals surface area contributed by atoms with Gasteiger partial charge >= 0.3 is 26.2 Å². The fourth-order valence-electron chi connectivity index (χ4n) is 0. The average Bonchev–Trinajstić information content (AvgIpc) is 1.00. The number of hydrogen-bond acceptors (Lipinski definition) is 0. The second kappa shape index (κ2) is 19.0. The van der Waals surface area contributed by atoms with E-state index in [1.165, 1.54) is 21.1 Å². The van der Waals surface area contributed by atoms with Gasteiger partial charge in [0.15, 0.2) is 0 Å². The molecule has 0 aliphatic rings. The zero-order chi connectivity index (χ0) is 2.00. The molecule has 3 heteroatoms. The molecule has 0 aromatic carbocycles. The van der Waals surface area contributed by atoms with Gasteiger partial charge in [-0.25, -0.2) is 0 Å². The predicted molar refractivity (Wildman–Crippen MR) is 5.86 cm³/mol. The normalized spacial score (nSPS) is 1.25. The van der Waals surface area contributed by atoms with Crippen LogP contribution < -0.4 is 0 Å². The molecule has 0 bridgehead atoms. The quantitative estimate of drug-likeness (QED) is 0.568. The van der Waals surface area contributed by atoms with E-state index >= 15 is 0 Å². The number of rotatable bonds is 0. The molecule has 0 amide bonds. The summed E-state index contributed by atoms with van der Waals surface area (Å²) in [6, 6.07) is 0. The van der Waals surface area contributed by atoms with Crippen molar-refractivity contribution < 1.29 is 65.2 Å². The van der Waals surface area contributed by atoms with Crippen LogP contribution in [0.15, 0.2) is 0 Å². The van der Waals surface area contributed by atoms with Gasteiger partial charge in [-0.15, -0.1) is 0 Å². The summed E-state index contributed by atoms with van der Waals surface area (Å²) in [6.45, 7) is 0. The first kappa shape index (κ1) is 16.4. The average molecular weight is 337 g/mol. The van der Waals surface area contributed by atoms with Gasteiger partial charge < -0.3 is 0 Å². The Hall–Kier alpha value is 2.19. The summed E-state index contributed by atoms with van der Waals surface area (Å²) in [4.78, 5) is 0. The summed E-state index contributed by atoms with van der Waals surface area (Å²) >= 11 is 1.44. The van der Waals surface area contributed by atoms with Crippen molar-refractivity contribution in [2.45, 2.75) is 5.14 Å². The molecule has 1 radical (unpaired) electrons. The van der Waals surface area contributed by atoms with Gasteiger partial charge in [-0.3, -0.25) is 0 Å². The van der Waals surface area contributed by atoms with Crippen molar-refractivity contribution >= 4 is 0 Å². The summed E-state index contributed by atoms with van der Waals surface area (Å²) in [6.07, 6.45) is 0. The molecule has 0 N–H and O–H groups in total. The van der Waals surface area contributed by atoms with Crippen molar-refractivity contribution in [2.24, 2.45) is 0 Å². The van der Waals surface area contributed by atoms with Gasteiger partial charge in [-0.1, -0.05) is 0 Å². The van der Waals surface area contributed by atoms with Gasteiger partial charge in [0, 0.05) is 44.1 Å². The maximum Gasteiger partial charge on any atom is 0 e. The number of hydrogen-bond donors (Lipinski definition) is 0. The smallest absolute Gasteiger partial charge is 0 e. The van der Waals surface area contributed by atoms with Crippen LogP contribution >= 0.6 is 0 Å². The Morgan fingerprint density at radius 3 is 1.25 bits per heavy atom. The molecule has 4 heavy (non-hydrogen) atoms. The van der Waals surface area contributed by atoms with Gasteiger partial charge in [-0.05, 0) is 0 Å². The molecule has 0 heterocycles. The van der Waals surface area contributed by atoms with Crippen LogP contribution in [0.1, 0.15) is 0 Å². The van der Waals surface area contributed by atoms with Crippen molar-refractivity contribution in [1.82, 2.24) is 0 Å². The first-order valence-corrected chi connectivity index (χ1v) is 3.66. The fraction of sp³-hybridized carbons (Fsp3) is 1.00. The molecule has 0 aliphatic carbocycles. The molecule has 0 atom stereocenters. The molecule has 0 fully saturated rings. The molecule has 0 nitrogen and oxygen atoms in total. The molecular weight excluding hydrogens is 334 g/mol. The fourth-order valence-corrected chi connectivity index (χ4v) is 0. The summed E-state index contributed by atoms with van der Waals surface area (Å²) in [5.41, 5.74) is 0. The second-order valence-electron chi connectivity index (χ2n) is 0. The van der Waals surface area contributed by atoms with E-state index in [-0.39, 0.29) is 44.1 Å². The molecule has 0 spiro atoms. The Labute approximate surface area is 69.4 Å². The molecule has 21 valence electrons. The van der Waals surface area contributed by atoms with E-state index in [1.807, 2.05) is 0 Å². The van der Waals surface area contributed by atoms with Crippen LogP contribution in [0, 0.1) is 0 Å². The van der Waals surface area contributed by atoms with Crippen LogP contribution in [-0.4, -0.2) is 0 Å². The summed E-state index contributed by atoms with van der Waals surface area (Å²) in [5.74, 6) is 0. The zero-order valence-electron chi connectivity index (χ0n) is 2.39. The van der Waals surface area contributed by atoms with E-state index in [9.17, 15) is 0 Å². The van der Waals surface area contributed by atoms with Gasteiger partial charge in [0.2, 0.25) is 0 Å². The van der Waals surface area contributed by atoms with Crippen molar-refractivity contribution in [3.8, 4) is 0 Å². The van der Waals surface area contributed by atoms with E-state index in [2.05, 4.69) is 5.14 Å². The standard InChI is InChI=1S/CH3.Nb.Ta.Ti/h1H3;;;. The van der Waals surface area contributed by atoms with Crippen molar-refractivity contribution in [1.29, 1.82) is 0 Å². The molecule has 0 saturated heterocycles. The van der Waals surface area contributed by atoms with Crippen LogP contribution in [0.4, 0.5) is 0 Å². The molecule has 0 aromatic rings. The summed E-state index contributed by atoms with van der Waals surface area (Å²) < 4.78 is 0. The van der Waals surface area contributed by atoms with Gasteiger partial charge in [0.1, 0.15) is 0 Å². The SMILES string of the molecule is [CH3][Ta].[Nb].[Ti]. The largest absolute Gasteiger partial charge is 0 e. The maximum absolute atomic E-state index is 2.11. The molecule has 0 aromatic heterocycles. The van der Waals surface area contributed by atoms with Crippen molar-refractivity contribution in [2.75, 3.05) is 0 Å². The first-order valence-electron chi connectivity index (χ1n) is 0.447. The first-order chi connectivity index (χ1) is 1.00. The third kappa shape index (κ3) is 8.89. The molecule has 0 saturated carbocycles. The van der Waals surface area contributed by atoms with Crippen molar-refractivity contribution in [3.05, 3.63) is 0 Å². The van der Waals surface area contributed by atoms with Crippen molar-refractivity contribution in [3.63, 3.8) is 0 Å². The Balaban J connectivity index is -0.00000000500. The minimum atomic E-state index is 0. The minimum absolute atomic E-state index is 0. The molecule has 0 unspecified atom stereocenters. The van der Waals surface area contributed by atoms with Crippen LogP contribution in [0.3, 0.4) is 0 Å². The maximum atomic E-state index is 2.11. The predicted octanol–water partition coefficient (Wildman–Crippen LogP) is 0.576. The third-order valence-corrected chi connectivity index (χ3v) is 0. The molecule has 0 rings (SSSR count). The van der Waals surface area contributed by atoms with Gasteiger partial charge in [-0.2, -0.15) is 0 Å². The van der Waals surface area contributed by atoms with Crippen LogP contribution in [-0.2, 0) is 65.2 Å². The molecule has 0 aliphatic heterocycles. The summed E-state index contributed by atoms with van der Waals surface area (Å²) in [7, 11) is 0. The van der Waals surface area contributed by atoms with E-state index in [0.717, 1.165) is 0 Å². The second-order valence-corrected chi connectivity index (χ2v) is 0. The Morgan fingerprint density at radius 2 is 1.25 bits per heavy atom. The summed E-state index contributed by atoms with van der Waals surface area (Å²) in [5, 5.41) is 2.11. The third-order valence-electron chi connectivity index (χ3n) is 0. The van der Waals surface area contributed by atoms with Crippen LogP contribution in [0.2, 0.25) is 5.14 Å². The topological polar surface area (TPSA) is 0 Å². The van der Waals surface area contributed by atoms with Gasteiger partial charge in [0.05, 0.1) is 0 Å². The van der Waals surface area contributed by atoms with E-state index in [4.69, 9.17) is 0 Å². The Bertz CT molecular complexity index is 8.00. The van der Waals surface area contributed by atoms with Crippen LogP contribution in [0.25, 0.3) is 0 Å². The monoisotopic (exact) mass is 337 g/mol. The van der Waals surface area contributed by atoms with Crippen LogP contribution in [0.5, 0.6) is 0 Å². The Morgan fingerprint density at radius 1 is 1.25 bits per heavy atom. The van der Waals surface area contributed by atoms with Gasteiger partial charge in [0.25, 0.3) is 0 Å². The Kier molecular flexibility index (Phi) is 77.7. The molecular formula is CH3NbTaTi. The van der Waals surface area contributed by atoms with E-state index in [0.29, 0.717) is 0 Å². The van der Waals surface area contributed by atoms with E-state index in [1.54, 1.807) is 0 Å².